The summed E-state index contributed by atoms with van der Waals surface area (Å²) in [4.78, 5) is 29.1. The molecule has 1 N–H and O–H groups in total. The van der Waals surface area contributed by atoms with Gasteiger partial charge in [0.25, 0.3) is 0 Å². The van der Waals surface area contributed by atoms with Gasteiger partial charge in [0, 0.05) is 17.8 Å². The summed E-state index contributed by atoms with van der Waals surface area (Å²) in [6, 6.07) is 12.0. The first-order valence-electron chi connectivity index (χ1n) is 11.9. The molecule has 0 unspecified atom stereocenters. The SMILES string of the molecule is O=C(NC1CCCCC1)[C@@H](c1ccc(F)cc1)N(C(=O)Cc1ccsc1)c1ccc2c(c1)OCO2. The number of ether oxygens (including phenoxy) is 2. The molecule has 1 aliphatic heterocycles. The van der Waals surface area contributed by atoms with E-state index in [4.69, 9.17) is 9.47 Å². The number of nitrogens with zero attached hydrogens (tertiary/aromatic N) is 1. The number of anilines is 1. The number of nitrogens with one attached hydrogen (secondary N) is 1. The van der Waals surface area contributed by atoms with Crippen LogP contribution in [0.25, 0.3) is 0 Å². The van der Waals surface area contributed by atoms with Crippen molar-refractivity contribution < 1.29 is 23.5 Å². The zero-order valence-corrected chi connectivity index (χ0v) is 20.1. The van der Waals surface area contributed by atoms with Crippen LogP contribution in [0.3, 0.4) is 0 Å². The van der Waals surface area contributed by atoms with Crippen molar-refractivity contribution in [1.82, 2.24) is 5.32 Å². The monoisotopic (exact) mass is 494 g/mol. The number of carbonyl (C=O) groups excluding carboxylic acids is 2. The van der Waals surface area contributed by atoms with E-state index < -0.39 is 11.9 Å². The highest BCUT2D eigenvalue weighted by molar-refractivity contribution is 7.08. The van der Waals surface area contributed by atoms with Gasteiger partial charge in [-0.15, -0.1) is 0 Å². The summed E-state index contributed by atoms with van der Waals surface area (Å²) in [5.74, 6) is 0.181. The third-order valence-corrected chi connectivity index (χ3v) is 7.21. The Hall–Kier alpha value is -3.39. The average molecular weight is 495 g/mol. The Morgan fingerprint density at radius 2 is 1.80 bits per heavy atom. The lowest BCUT2D eigenvalue weighted by atomic mass is 9.94. The van der Waals surface area contributed by atoms with Crippen molar-refractivity contribution in [2.75, 3.05) is 11.7 Å². The fraction of sp³-hybridized carbons (Fsp3) is 0.333. The van der Waals surface area contributed by atoms with Crippen molar-refractivity contribution in [3.8, 4) is 11.5 Å². The molecule has 0 spiro atoms. The van der Waals surface area contributed by atoms with Crippen molar-refractivity contribution in [3.63, 3.8) is 0 Å². The van der Waals surface area contributed by atoms with Gasteiger partial charge in [0.1, 0.15) is 11.9 Å². The van der Waals surface area contributed by atoms with E-state index in [9.17, 15) is 14.0 Å². The lowest BCUT2D eigenvalue weighted by Gasteiger charge is -2.33. The van der Waals surface area contributed by atoms with Gasteiger partial charge < -0.3 is 14.8 Å². The highest BCUT2D eigenvalue weighted by Crippen LogP contribution is 2.38. The van der Waals surface area contributed by atoms with Gasteiger partial charge in [0.15, 0.2) is 11.5 Å². The van der Waals surface area contributed by atoms with Crippen LogP contribution in [0.4, 0.5) is 10.1 Å². The predicted octanol–water partition coefficient (Wildman–Crippen LogP) is 5.38. The van der Waals surface area contributed by atoms with E-state index in [1.807, 2.05) is 16.8 Å². The van der Waals surface area contributed by atoms with Crippen LogP contribution in [0.1, 0.15) is 49.3 Å². The van der Waals surface area contributed by atoms with Crippen LogP contribution in [-0.2, 0) is 16.0 Å². The van der Waals surface area contributed by atoms with Gasteiger partial charge in [0.2, 0.25) is 18.6 Å². The molecule has 1 atom stereocenters. The number of halogens is 1. The standard InChI is InChI=1S/C27H27FN2O4S/c28-20-8-6-19(7-9-20)26(27(32)29-21-4-2-1-3-5-21)30(25(31)14-18-12-13-35-16-18)22-10-11-23-24(15-22)34-17-33-23/h6-13,15-16,21,26H,1-5,14,17H2,(H,29,32)/t26-/m1/s1. The number of hydrogen-bond acceptors (Lipinski definition) is 5. The first kappa shape index (κ1) is 23.4. The average Bonchev–Trinajstić information content (AvgIpc) is 3.55. The molecule has 182 valence electrons. The minimum atomic E-state index is -0.968. The van der Waals surface area contributed by atoms with Gasteiger partial charge in [-0.1, -0.05) is 31.4 Å². The molecule has 2 heterocycles. The van der Waals surface area contributed by atoms with Crippen LogP contribution in [0.2, 0.25) is 0 Å². The molecule has 5 rings (SSSR count). The van der Waals surface area contributed by atoms with E-state index in [1.165, 1.54) is 28.4 Å². The Kier molecular flexibility index (Phi) is 6.99. The summed E-state index contributed by atoms with van der Waals surface area (Å²) in [6.45, 7) is 0.102. The van der Waals surface area contributed by atoms with E-state index in [0.29, 0.717) is 22.7 Å². The van der Waals surface area contributed by atoms with Crippen LogP contribution in [-0.4, -0.2) is 24.6 Å². The Balaban J connectivity index is 1.55. The second kappa shape index (κ2) is 10.5. The smallest absolute Gasteiger partial charge is 0.248 e. The summed E-state index contributed by atoms with van der Waals surface area (Å²) >= 11 is 1.51. The highest BCUT2D eigenvalue weighted by atomic mass is 32.1. The number of thiophene rings is 1. The maximum atomic E-state index is 13.8. The molecule has 1 saturated carbocycles. The van der Waals surface area contributed by atoms with Crippen molar-refractivity contribution >= 4 is 28.8 Å². The highest BCUT2D eigenvalue weighted by Gasteiger charge is 2.35. The first-order chi connectivity index (χ1) is 17.1. The summed E-state index contributed by atoms with van der Waals surface area (Å²) in [6.07, 6.45) is 5.25. The fourth-order valence-electron chi connectivity index (χ4n) is 4.71. The minimum Gasteiger partial charge on any atom is -0.454 e. The molecule has 6 nitrogen and oxygen atoms in total. The van der Waals surface area contributed by atoms with Gasteiger partial charge in [0.05, 0.1) is 6.42 Å². The van der Waals surface area contributed by atoms with Crippen LogP contribution < -0.4 is 19.7 Å². The number of carbonyl (C=O) groups is 2. The molecule has 0 bridgehead atoms. The largest absolute Gasteiger partial charge is 0.454 e. The van der Waals surface area contributed by atoms with E-state index >= 15 is 0 Å². The third-order valence-electron chi connectivity index (χ3n) is 6.48. The number of hydrogen-bond donors (Lipinski definition) is 1. The number of rotatable bonds is 7. The molecular formula is C27H27FN2O4S. The quantitative estimate of drug-likeness (QED) is 0.479. The Bertz CT molecular complexity index is 1180. The molecule has 2 amide bonds. The number of benzene rings is 2. The number of fused-ring (bicyclic) bond motifs is 1. The molecule has 1 fully saturated rings. The Labute approximate surface area is 207 Å². The summed E-state index contributed by atoms with van der Waals surface area (Å²) in [7, 11) is 0. The second-order valence-corrected chi connectivity index (χ2v) is 9.69. The zero-order valence-electron chi connectivity index (χ0n) is 19.2. The van der Waals surface area contributed by atoms with Crippen LogP contribution >= 0.6 is 11.3 Å². The van der Waals surface area contributed by atoms with Gasteiger partial charge in [-0.2, -0.15) is 11.3 Å². The van der Waals surface area contributed by atoms with E-state index in [-0.39, 0.29) is 31.1 Å². The molecule has 3 aromatic rings. The molecule has 0 radical (unpaired) electrons. The van der Waals surface area contributed by atoms with Crippen LogP contribution in [0.15, 0.2) is 59.3 Å². The summed E-state index contributed by atoms with van der Waals surface area (Å²) in [5, 5.41) is 7.01. The van der Waals surface area contributed by atoms with Gasteiger partial charge in [-0.3, -0.25) is 14.5 Å². The van der Waals surface area contributed by atoms with Crippen molar-refractivity contribution in [2.24, 2.45) is 0 Å². The van der Waals surface area contributed by atoms with E-state index in [2.05, 4.69) is 5.32 Å². The molecule has 1 aliphatic carbocycles. The lowest BCUT2D eigenvalue weighted by Crippen LogP contribution is -2.47. The maximum Gasteiger partial charge on any atom is 0.248 e. The van der Waals surface area contributed by atoms with Gasteiger partial charge in [-0.05, 0) is 65.1 Å². The Morgan fingerprint density at radius 1 is 1.03 bits per heavy atom. The van der Waals surface area contributed by atoms with E-state index in [0.717, 1.165) is 37.7 Å². The molecular weight excluding hydrogens is 467 g/mol. The normalized spacial score (nSPS) is 16.0. The van der Waals surface area contributed by atoms with Crippen LogP contribution in [0, 0.1) is 5.82 Å². The summed E-state index contributed by atoms with van der Waals surface area (Å²) < 4.78 is 24.8. The van der Waals surface area contributed by atoms with E-state index in [1.54, 1.807) is 30.3 Å². The Morgan fingerprint density at radius 3 is 2.54 bits per heavy atom. The summed E-state index contributed by atoms with van der Waals surface area (Å²) in [5.41, 5.74) is 1.93. The zero-order chi connectivity index (χ0) is 24.2. The maximum absolute atomic E-state index is 13.8. The van der Waals surface area contributed by atoms with Gasteiger partial charge >= 0.3 is 0 Å². The molecule has 2 aliphatic rings. The number of amides is 2. The molecule has 2 aromatic carbocycles. The van der Waals surface area contributed by atoms with Crippen LogP contribution in [0.5, 0.6) is 11.5 Å². The second-order valence-electron chi connectivity index (χ2n) is 8.91. The molecule has 0 saturated heterocycles. The first-order valence-corrected chi connectivity index (χ1v) is 12.8. The topological polar surface area (TPSA) is 67.9 Å². The molecule has 8 heteroatoms. The predicted molar refractivity (Wildman–Crippen MR) is 132 cm³/mol. The third kappa shape index (κ3) is 5.32. The fourth-order valence-corrected chi connectivity index (χ4v) is 5.38. The molecule has 35 heavy (non-hydrogen) atoms. The lowest BCUT2D eigenvalue weighted by molar-refractivity contribution is -0.127. The van der Waals surface area contributed by atoms with Gasteiger partial charge in [-0.25, -0.2) is 4.39 Å². The van der Waals surface area contributed by atoms with Crippen molar-refractivity contribution in [2.45, 2.75) is 50.6 Å². The van der Waals surface area contributed by atoms with Crippen molar-refractivity contribution in [1.29, 1.82) is 0 Å². The molecule has 1 aromatic heterocycles. The van der Waals surface area contributed by atoms with Crippen molar-refractivity contribution in [3.05, 3.63) is 76.2 Å². The minimum absolute atomic E-state index is 0.0600.